The normalized spacial score (nSPS) is 14.3. The van der Waals surface area contributed by atoms with Crippen molar-refractivity contribution in [2.45, 2.75) is 73.5 Å². The lowest BCUT2D eigenvalue weighted by Crippen LogP contribution is -2.51. The van der Waals surface area contributed by atoms with Crippen LogP contribution in [0.15, 0.2) is 104 Å². The van der Waals surface area contributed by atoms with E-state index in [0.29, 0.717) is 51.3 Å². The largest absolute Gasteiger partial charge is 0.396 e. The summed E-state index contributed by atoms with van der Waals surface area (Å²) >= 11 is 11.9. The van der Waals surface area contributed by atoms with Gasteiger partial charge in [-0.15, -0.1) is 0 Å². The standard InChI is InChI=1S/C25H28ClFN4O4.C22H24ClFN4O4/c1-16-5-10-19(11-20(16)27)28-21-29-22(32)31(13-25(4)14-34-24(2,3)35-15-25)23(33)30(21)12-17-6-8-18(26)9-7-17;1-14-3-8-17(9-18(14)24)25-19-26-20(31)28(11-22(2,12-29)13-30)21(32)27(19)10-15-4-6-16(23)7-5-15/h5-11H,12-15H2,1-4H3,(H,28,29,32);3-9,29-30H,10-13H2,1-2H3,(H,25,26,31). The molecule has 4 aromatic carbocycles. The van der Waals surface area contributed by atoms with Gasteiger partial charge in [0.2, 0.25) is 11.9 Å². The van der Waals surface area contributed by atoms with Crippen molar-refractivity contribution >= 4 is 46.5 Å². The van der Waals surface area contributed by atoms with Crippen molar-refractivity contribution in [3.05, 3.63) is 171 Å². The van der Waals surface area contributed by atoms with Crippen LogP contribution in [-0.2, 0) is 35.7 Å². The van der Waals surface area contributed by atoms with E-state index in [1.54, 1.807) is 93.6 Å². The van der Waals surface area contributed by atoms with Gasteiger partial charge in [-0.3, -0.25) is 9.13 Å². The van der Waals surface area contributed by atoms with Crippen molar-refractivity contribution in [3.8, 4) is 0 Å². The molecule has 2 aromatic heterocycles. The van der Waals surface area contributed by atoms with E-state index < -0.39 is 64.2 Å². The molecule has 1 fully saturated rings. The molecule has 16 nitrogen and oxygen atoms in total. The van der Waals surface area contributed by atoms with E-state index in [2.05, 4.69) is 20.6 Å². The zero-order valence-corrected chi connectivity index (χ0v) is 39.3. The highest BCUT2D eigenvalue weighted by Gasteiger charge is 2.38. The van der Waals surface area contributed by atoms with Crippen LogP contribution in [0.4, 0.5) is 32.1 Å². The molecular formula is C47H52Cl2F2N8O8. The minimum absolute atomic E-state index is 0.0110. The number of nitrogens with zero attached hydrogens (tertiary/aromatic N) is 6. The van der Waals surface area contributed by atoms with Gasteiger partial charge < -0.3 is 30.3 Å². The maximum Gasteiger partial charge on any atom is 0.354 e. The number of halogens is 4. The van der Waals surface area contributed by atoms with Crippen LogP contribution in [0.3, 0.4) is 0 Å². The molecule has 0 bridgehead atoms. The highest BCUT2D eigenvalue weighted by atomic mass is 35.5. The Morgan fingerprint density at radius 2 is 1.06 bits per heavy atom. The van der Waals surface area contributed by atoms with Crippen LogP contribution in [0, 0.1) is 36.3 Å². The van der Waals surface area contributed by atoms with Crippen LogP contribution in [-0.4, -0.2) is 70.7 Å². The molecule has 3 heterocycles. The first-order valence-corrected chi connectivity index (χ1v) is 21.8. The van der Waals surface area contributed by atoms with Crippen LogP contribution in [0.5, 0.6) is 0 Å². The number of aliphatic hydroxyl groups excluding tert-OH is 2. The van der Waals surface area contributed by atoms with Crippen LogP contribution < -0.4 is 33.4 Å². The quantitative estimate of drug-likeness (QED) is 0.0943. The Bertz CT molecular complexity index is 2960. The number of aromatic nitrogens is 6. The number of aryl methyl sites for hydroxylation is 2. The second-order valence-corrected chi connectivity index (χ2v) is 18.6. The van der Waals surface area contributed by atoms with Gasteiger partial charge in [-0.1, -0.05) is 73.4 Å². The number of rotatable bonds is 14. The monoisotopic (exact) mass is 964 g/mol. The van der Waals surface area contributed by atoms with Crippen molar-refractivity contribution in [1.82, 2.24) is 28.2 Å². The molecule has 0 saturated carbocycles. The van der Waals surface area contributed by atoms with Gasteiger partial charge in [0.25, 0.3) is 0 Å². The molecule has 1 aliphatic heterocycles. The molecule has 4 N–H and O–H groups in total. The van der Waals surface area contributed by atoms with Gasteiger partial charge in [-0.05, 0) is 98.5 Å². The van der Waals surface area contributed by atoms with Crippen molar-refractivity contribution in [2.75, 3.05) is 37.1 Å². The SMILES string of the molecule is Cc1ccc(Nc2nc(=O)n(CC(C)(CO)CO)c(=O)n2Cc2ccc(Cl)cc2)cc1F.Cc1ccc(Nc2nc(=O)n(CC3(C)COC(C)(C)OC3)c(=O)n2Cc2ccc(Cl)cc2)cc1F. The Hall–Kier alpha value is -6.02. The fraction of sp³-hybridized carbons (Fsp3) is 0.362. The van der Waals surface area contributed by atoms with Gasteiger partial charge in [-0.2, -0.15) is 9.97 Å². The number of anilines is 4. The molecule has 7 rings (SSSR count). The molecule has 0 spiro atoms. The summed E-state index contributed by atoms with van der Waals surface area (Å²) in [6.07, 6.45) is 0. The average molecular weight is 966 g/mol. The van der Waals surface area contributed by atoms with E-state index in [1.165, 1.54) is 21.3 Å². The van der Waals surface area contributed by atoms with Gasteiger partial charge >= 0.3 is 22.8 Å². The predicted octanol–water partition coefficient (Wildman–Crippen LogP) is 6.38. The highest BCUT2D eigenvalue weighted by Crippen LogP contribution is 2.30. The number of hydrogen-bond donors (Lipinski definition) is 4. The van der Waals surface area contributed by atoms with Crippen LogP contribution in [0.1, 0.15) is 49.9 Å². The Labute approximate surface area is 394 Å². The molecule has 1 aliphatic rings. The zero-order chi connectivity index (χ0) is 48.8. The van der Waals surface area contributed by atoms with E-state index >= 15 is 0 Å². The summed E-state index contributed by atoms with van der Waals surface area (Å²) in [6.45, 7) is 10.1. The zero-order valence-electron chi connectivity index (χ0n) is 37.8. The second-order valence-electron chi connectivity index (χ2n) is 17.7. The molecule has 6 aromatic rings. The van der Waals surface area contributed by atoms with E-state index in [9.17, 15) is 38.2 Å². The molecule has 356 valence electrons. The number of nitrogens with one attached hydrogen (secondary N) is 2. The summed E-state index contributed by atoms with van der Waals surface area (Å²) in [5.41, 5.74) is -1.42. The summed E-state index contributed by atoms with van der Waals surface area (Å²) in [7, 11) is 0. The van der Waals surface area contributed by atoms with Gasteiger partial charge in [0.05, 0.1) is 39.5 Å². The summed E-state index contributed by atoms with van der Waals surface area (Å²) in [6, 6.07) is 22.8. The number of benzene rings is 4. The van der Waals surface area contributed by atoms with Crippen LogP contribution >= 0.6 is 23.2 Å². The predicted molar refractivity (Wildman–Crippen MR) is 252 cm³/mol. The summed E-state index contributed by atoms with van der Waals surface area (Å²) in [5, 5.41) is 26.0. The molecule has 0 unspecified atom stereocenters. The van der Waals surface area contributed by atoms with Crippen molar-refractivity contribution in [3.63, 3.8) is 0 Å². The summed E-state index contributed by atoms with van der Waals surface area (Å²) in [4.78, 5) is 60.7. The van der Waals surface area contributed by atoms with E-state index in [-0.39, 0.29) is 38.1 Å². The maximum absolute atomic E-state index is 14.1. The fourth-order valence-corrected chi connectivity index (χ4v) is 6.99. The van der Waals surface area contributed by atoms with E-state index in [1.807, 2.05) is 20.8 Å². The third-order valence-corrected chi connectivity index (χ3v) is 11.5. The first-order valence-electron chi connectivity index (χ1n) is 21.1. The molecule has 0 radical (unpaired) electrons. The van der Waals surface area contributed by atoms with Gasteiger partial charge in [0.15, 0.2) is 5.79 Å². The number of ether oxygens (including phenoxy) is 2. The van der Waals surface area contributed by atoms with E-state index in [0.717, 1.165) is 14.7 Å². The van der Waals surface area contributed by atoms with Gasteiger partial charge in [0, 0.05) is 45.3 Å². The number of hydrogen-bond acceptors (Lipinski definition) is 12. The Morgan fingerprint density at radius 1 is 0.657 bits per heavy atom. The fourth-order valence-electron chi connectivity index (χ4n) is 6.73. The molecule has 0 amide bonds. The highest BCUT2D eigenvalue weighted by molar-refractivity contribution is 6.30. The van der Waals surface area contributed by atoms with Crippen molar-refractivity contribution in [1.29, 1.82) is 0 Å². The Balaban J connectivity index is 0.000000222. The van der Waals surface area contributed by atoms with Crippen LogP contribution in [0.25, 0.3) is 0 Å². The smallest absolute Gasteiger partial charge is 0.354 e. The molecule has 0 atom stereocenters. The molecule has 67 heavy (non-hydrogen) atoms. The van der Waals surface area contributed by atoms with Crippen molar-refractivity contribution < 1.29 is 28.5 Å². The lowest BCUT2D eigenvalue weighted by molar-refractivity contribution is -0.284. The van der Waals surface area contributed by atoms with Crippen LogP contribution in [0.2, 0.25) is 10.0 Å². The Morgan fingerprint density at radius 3 is 1.46 bits per heavy atom. The third kappa shape index (κ3) is 12.7. The lowest BCUT2D eigenvalue weighted by atomic mass is 9.91. The first-order chi connectivity index (χ1) is 31.6. The molecular weight excluding hydrogens is 913 g/mol. The topological polar surface area (TPSA) is 197 Å². The van der Waals surface area contributed by atoms with Gasteiger partial charge in [-0.25, -0.2) is 37.1 Å². The van der Waals surface area contributed by atoms with E-state index in [4.69, 9.17) is 32.7 Å². The average Bonchev–Trinajstić information content (AvgIpc) is 3.29. The molecule has 0 aliphatic carbocycles. The minimum Gasteiger partial charge on any atom is -0.396 e. The summed E-state index contributed by atoms with van der Waals surface area (Å²) in [5.74, 6) is -1.64. The second kappa shape index (κ2) is 20.9. The maximum atomic E-state index is 14.1. The molecule has 1 saturated heterocycles. The first kappa shape index (κ1) is 50.4. The minimum atomic E-state index is -1.10. The third-order valence-electron chi connectivity index (χ3n) is 11.0. The number of aliphatic hydroxyl groups is 2. The van der Waals surface area contributed by atoms with Crippen molar-refractivity contribution in [2.24, 2.45) is 10.8 Å². The van der Waals surface area contributed by atoms with Gasteiger partial charge in [0.1, 0.15) is 11.6 Å². The lowest BCUT2D eigenvalue weighted by Gasteiger charge is -2.41. The summed E-state index contributed by atoms with van der Waals surface area (Å²) < 4.78 is 44.2. The Kier molecular flexibility index (Phi) is 15.7. The molecule has 20 heteroatoms.